The lowest BCUT2D eigenvalue weighted by Crippen LogP contribution is -2.32. The Labute approximate surface area is 216 Å². The first kappa shape index (κ1) is 23.2. The van der Waals surface area contributed by atoms with Crippen molar-refractivity contribution in [3.63, 3.8) is 0 Å². The number of benzene rings is 1. The summed E-state index contributed by atoms with van der Waals surface area (Å²) in [6.07, 6.45) is 10.5. The van der Waals surface area contributed by atoms with E-state index in [1.165, 1.54) is 45.7 Å². The topological polar surface area (TPSA) is 55.1 Å². The van der Waals surface area contributed by atoms with Crippen LogP contribution in [0.2, 0.25) is 0 Å². The molecule has 0 fully saturated rings. The van der Waals surface area contributed by atoms with Gasteiger partial charge in [-0.25, -0.2) is 4.79 Å². The minimum absolute atomic E-state index is 0.135. The van der Waals surface area contributed by atoms with Crippen LogP contribution >= 0.6 is 11.3 Å². The first-order chi connectivity index (χ1) is 17.2. The summed E-state index contributed by atoms with van der Waals surface area (Å²) in [6, 6.07) is 11.5. The second-order valence-electron chi connectivity index (χ2n) is 11.6. The van der Waals surface area contributed by atoms with Crippen LogP contribution < -0.4 is 0 Å². The standard InChI is InChI=1S/C31H32N2O2S/c1-30(2)13-14-31(3,4)28-26(30)25-24(36-28)12-11-22-23(20-7-9-21(10-8-20)29(34)35)18-33(27(22)25)17-19-6-5-15-32-16-19/h5-10,15-16,18H,11-14,17H2,1-4H3,(H,34,35). The van der Waals surface area contributed by atoms with Gasteiger partial charge in [0.25, 0.3) is 0 Å². The molecule has 6 rings (SSSR count). The lowest BCUT2D eigenvalue weighted by atomic mass is 9.65. The van der Waals surface area contributed by atoms with Crippen molar-refractivity contribution in [2.75, 3.05) is 0 Å². The Morgan fingerprint density at radius 2 is 1.81 bits per heavy atom. The Balaban J connectivity index is 1.59. The van der Waals surface area contributed by atoms with Gasteiger partial charge in [-0.1, -0.05) is 45.9 Å². The van der Waals surface area contributed by atoms with Crippen LogP contribution in [-0.2, 0) is 30.2 Å². The molecule has 2 aliphatic carbocycles. The highest BCUT2D eigenvalue weighted by Crippen LogP contribution is 2.57. The number of rotatable bonds is 4. The summed E-state index contributed by atoms with van der Waals surface area (Å²) in [6.45, 7) is 10.4. The van der Waals surface area contributed by atoms with Gasteiger partial charge in [-0.2, -0.15) is 0 Å². The predicted molar refractivity (Wildman–Crippen MR) is 146 cm³/mol. The van der Waals surface area contributed by atoms with Crippen molar-refractivity contribution in [3.8, 4) is 22.4 Å². The molecule has 4 aromatic rings. The molecule has 0 amide bonds. The maximum absolute atomic E-state index is 11.4. The zero-order valence-electron chi connectivity index (χ0n) is 21.4. The summed E-state index contributed by atoms with van der Waals surface area (Å²) < 4.78 is 2.43. The van der Waals surface area contributed by atoms with E-state index in [0.717, 1.165) is 24.9 Å². The van der Waals surface area contributed by atoms with Crippen LogP contribution in [0.15, 0.2) is 55.0 Å². The number of aromatic nitrogens is 2. The molecule has 2 aliphatic rings. The van der Waals surface area contributed by atoms with Crippen molar-refractivity contribution >= 4 is 17.3 Å². The maximum Gasteiger partial charge on any atom is 0.335 e. The number of hydrogen-bond acceptors (Lipinski definition) is 3. The largest absolute Gasteiger partial charge is 0.478 e. The van der Waals surface area contributed by atoms with E-state index in [-0.39, 0.29) is 10.8 Å². The monoisotopic (exact) mass is 496 g/mol. The normalized spacial score (nSPS) is 17.2. The summed E-state index contributed by atoms with van der Waals surface area (Å²) in [5.74, 6) is -0.892. The van der Waals surface area contributed by atoms with Gasteiger partial charge >= 0.3 is 5.97 Å². The molecule has 184 valence electrons. The Morgan fingerprint density at radius 1 is 1.06 bits per heavy atom. The Morgan fingerprint density at radius 3 is 2.50 bits per heavy atom. The second kappa shape index (κ2) is 8.17. The molecule has 3 heterocycles. The molecule has 0 radical (unpaired) electrons. The fraction of sp³-hybridized carbons (Fsp3) is 0.355. The lowest BCUT2D eigenvalue weighted by molar-refractivity contribution is 0.0697. The predicted octanol–water partition coefficient (Wildman–Crippen LogP) is 7.47. The molecule has 0 atom stereocenters. The number of pyridine rings is 1. The fourth-order valence-corrected chi connectivity index (χ4v) is 7.74. The zero-order chi connectivity index (χ0) is 25.2. The van der Waals surface area contributed by atoms with E-state index in [1.807, 2.05) is 41.9 Å². The van der Waals surface area contributed by atoms with Crippen molar-refractivity contribution in [2.45, 2.75) is 70.8 Å². The molecule has 1 N–H and O–H groups in total. The number of carboxylic acid groups (broad SMARTS) is 1. The quantitative estimate of drug-likeness (QED) is 0.319. The van der Waals surface area contributed by atoms with Crippen molar-refractivity contribution in [2.24, 2.45) is 0 Å². The van der Waals surface area contributed by atoms with Gasteiger partial charge in [0.1, 0.15) is 0 Å². The van der Waals surface area contributed by atoms with Gasteiger partial charge < -0.3 is 9.67 Å². The molecule has 3 aromatic heterocycles. The smallest absolute Gasteiger partial charge is 0.335 e. The Bertz CT molecular complexity index is 1470. The summed E-state index contributed by atoms with van der Waals surface area (Å²) in [5, 5.41) is 9.39. The molecule has 5 heteroatoms. The number of thiophene rings is 1. The van der Waals surface area contributed by atoms with Crippen LogP contribution in [0.1, 0.15) is 77.3 Å². The number of carboxylic acids is 1. The molecule has 1 aromatic carbocycles. The lowest BCUT2D eigenvalue weighted by Gasteiger charge is -2.40. The van der Waals surface area contributed by atoms with Gasteiger partial charge in [-0.05, 0) is 77.0 Å². The van der Waals surface area contributed by atoms with Crippen LogP contribution in [0.5, 0.6) is 0 Å². The highest BCUT2D eigenvalue weighted by atomic mass is 32.1. The molecular formula is C31H32N2O2S. The molecule has 4 nitrogen and oxygen atoms in total. The molecule has 0 unspecified atom stereocenters. The third-order valence-corrected chi connectivity index (χ3v) is 9.80. The van der Waals surface area contributed by atoms with E-state index in [0.29, 0.717) is 5.56 Å². The van der Waals surface area contributed by atoms with E-state index in [4.69, 9.17) is 0 Å². The third kappa shape index (κ3) is 3.64. The van der Waals surface area contributed by atoms with Gasteiger partial charge in [0.05, 0.1) is 11.3 Å². The molecule has 0 saturated carbocycles. The minimum atomic E-state index is -0.892. The van der Waals surface area contributed by atoms with E-state index < -0.39 is 5.97 Å². The van der Waals surface area contributed by atoms with Gasteiger partial charge in [0.15, 0.2) is 0 Å². The van der Waals surface area contributed by atoms with E-state index in [9.17, 15) is 9.90 Å². The van der Waals surface area contributed by atoms with Crippen LogP contribution in [0.3, 0.4) is 0 Å². The van der Waals surface area contributed by atoms with Crippen molar-refractivity contribution in [1.29, 1.82) is 0 Å². The van der Waals surface area contributed by atoms with Crippen LogP contribution in [0, 0.1) is 0 Å². The average Bonchev–Trinajstić information content (AvgIpc) is 3.43. The molecule has 0 bridgehead atoms. The Kier molecular flexibility index (Phi) is 5.27. The first-order valence-electron chi connectivity index (χ1n) is 12.8. The molecule has 36 heavy (non-hydrogen) atoms. The van der Waals surface area contributed by atoms with Crippen LogP contribution in [-0.4, -0.2) is 20.6 Å². The van der Waals surface area contributed by atoms with Gasteiger partial charge in [0, 0.05) is 46.0 Å². The van der Waals surface area contributed by atoms with E-state index >= 15 is 0 Å². The second-order valence-corrected chi connectivity index (χ2v) is 12.7. The number of fused-ring (bicyclic) bond motifs is 5. The van der Waals surface area contributed by atoms with E-state index in [2.05, 4.69) is 49.5 Å². The molecule has 0 aliphatic heterocycles. The fourth-order valence-electron chi connectivity index (χ4n) is 6.13. The Hall–Kier alpha value is -3.18. The number of nitrogens with zero attached hydrogens (tertiary/aromatic N) is 2. The molecular weight excluding hydrogens is 464 g/mol. The summed E-state index contributed by atoms with van der Waals surface area (Å²) >= 11 is 2.04. The van der Waals surface area contributed by atoms with Crippen molar-refractivity contribution in [1.82, 2.24) is 9.55 Å². The van der Waals surface area contributed by atoms with Crippen molar-refractivity contribution < 1.29 is 9.90 Å². The molecule has 0 saturated heterocycles. The highest BCUT2D eigenvalue weighted by Gasteiger charge is 2.43. The summed E-state index contributed by atoms with van der Waals surface area (Å²) in [4.78, 5) is 18.9. The van der Waals surface area contributed by atoms with Gasteiger partial charge in [-0.3, -0.25) is 4.98 Å². The highest BCUT2D eigenvalue weighted by molar-refractivity contribution is 7.13. The molecule has 0 spiro atoms. The minimum Gasteiger partial charge on any atom is -0.478 e. The maximum atomic E-state index is 11.4. The van der Waals surface area contributed by atoms with Gasteiger partial charge in [0.2, 0.25) is 0 Å². The summed E-state index contributed by atoms with van der Waals surface area (Å²) in [7, 11) is 0. The van der Waals surface area contributed by atoms with E-state index in [1.54, 1.807) is 22.6 Å². The van der Waals surface area contributed by atoms with Gasteiger partial charge in [-0.15, -0.1) is 11.3 Å². The number of aryl methyl sites for hydroxylation is 1. The van der Waals surface area contributed by atoms with Crippen molar-refractivity contribution in [3.05, 3.63) is 87.0 Å². The number of aromatic carboxylic acids is 1. The number of carbonyl (C=O) groups is 1. The number of hydrogen-bond donors (Lipinski definition) is 1. The first-order valence-corrected chi connectivity index (χ1v) is 13.6. The SMILES string of the molecule is CC1(C)CCC(C)(C)c2c1sc1c2-c2c(c(-c3ccc(C(=O)O)cc3)cn2Cc2cccnc2)CC1. The van der Waals surface area contributed by atoms with Crippen LogP contribution in [0.25, 0.3) is 22.4 Å². The zero-order valence-corrected chi connectivity index (χ0v) is 22.2. The third-order valence-electron chi connectivity index (χ3n) is 8.19. The summed E-state index contributed by atoms with van der Waals surface area (Å²) in [5.41, 5.74) is 9.87. The average molecular weight is 497 g/mol. The van der Waals surface area contributed by atoms with Crippen LogP contribution in [0.4, 0.5) is 0 Å².